The Labute approximate surface area is 353 Å². The fourth-order valence-electron chi connectivity index (χ4n) is 6.25. The van der Waals surface area contributed by atoms with E-state index in [9.17, 15) is 24.0 Å². The molecule has 0 aliphatic carbocycles. The van der Waals surface area contributed by atoms with Crippen molar-refractivity contribution in [2.45, 2.75) is 137 Å². The lowest BCUT2D eigenvalue weighted by atomic mass is 10.1. The second kappa shape index (κ2) is 23.9. The molecular weight excluding hydrogens is 759 g/mol. The average Bonchev–Trinajstić information content (AvgIpc) is 3.06. The van der Waals surface area contributed by atoms with E-state index in [2.05, 4.69) is 10.2 Å². The first-order valence-corrected chi connectivity index (χ1v) is 21.0. The van der Waals surface area contributed by atoms with Gasteiger partial charge in [0.05, 0.1) is 19.6 Å². The van der Waals surface area contributed by atoms with Crippen LogP contribution in [0.5, 0.6) is 0 Å². The van der Waals surface area contributed by atoms with Crippen molar-refractivity contribution in [2.75, 3.05) is 78.5 Å². The molecule has 1 atom stereocenters. The van der Waals surface area contributed by atoms with Gasteiger partial charge >= 0.3 is 30.0 Å². The number of esters is 4. The van der Waals surface area contributed by atoms with Crippen LogP contribution in [0.25, 0.3) is 0 Å². The summed E-state index contributed by atoms with van der Waals surface area (Å²) in [5.41, 5.74) is -1.86. The molecular formula is C44H75N5O10. The average molecular weight is 834 g/mol. The quantitative estimate of drug-likeness (QED) is 0.143. The second-order valence-electron chi connectivity index (χ2n) is 19.2. The Hall–Kier alpha value is -3.79. The highest BCUT2D eigenvalue weighted by Gasteiger charge is 2.32. The van der Waals surface area contributed by atoms with Crippen molar-refractivity contribution >= 4 is 30.0 Å². The van der Waals surface area contributed by atoms with Gasteiger partial charge in [0.2, 0.25) is 0 Å². The summed E-state index contributed by atoms with van der Waals surface area (Å²) in [4.78, 5) is 73.8. The lowest BCUT2D eigenvalue weighted by molar-refractivity contribution is -0.163. The highest BCUT2D eigenvalue weighted by Crippen LogP contribution is 2.18. The van der Waals surface area contributed by atoms with E-state index in [4.69, 9.17) is 23.7 Å². The fourth-order valence-corrected chi connectivity index (χ4v) is 6.25. The second-order valence-corrected chi connectivity index (χ2v) is 19.2. The lowest BCUT2D eigenvalue weighted by Gasteiger charge is -2.37. The van der Waals surface area contributed by atoms with E-state index in [0.29, 0.717) is 78.2 Å². The number of ether oxygens (including phenoxy) is 5. The molecule has 15 nitrogen and oxygen atoms in total. The molecule has 1 saturated heterocycles. The molecule has 0 saturated carbocycles. The summed E-state index contributed by atoms with van der Waals surface area (Å²) in [5.74, 6) is -1.50. The number of hydrogen-bond donors (Lipinski definition) is 1. The topological polar surface area (TPSA) is 156 Å². The van der Waals surface area contributed by atoms with Gasteiger partial charge < -0.3 is 29.0 Å². The first-order valence-electron chi connectivity index (χ1n) is 21.0. The van der Waals surface area contributed by atoms with Gasteiger partial charge in [-0.25, -0.2) is 4.79 Å². The van der Waals surface area contributed by atoms with Gasteiger partial charge in [-0.3, -0.25) is 38.8 Å². The molecule has 1 amide bonds. The highest BCUT2D eigenvalue weighted by molar-refractivity contribution is 5.76. The minimum atomic E-state index is -0.741. The van der Waals surface area contributed by atoms with Crippen LogP contribution in [0.1, 0.15) is 108 Å². The van der Waals surface area contributed by atoms with Crippen LogP contribution in [0.2, 0.25) is 0 Å². The molecule has 59 heavy (non-hydrogen) atoms. The Morgan fingerprint density at radius 3 is 1.34 bits per heavy atom. The van der Waals surface area contributed by atoms with Gasteiger partial charge in [0.15, 0.2) is 0 Å². The van der Waals surface area contributed by atoms with Crippen LogP contribution in [-0.4, -0.2) is 157 Å². The normalized spacial score (nSPS) is 16.8. The lowest BCUT2D eigenvalue weighted by Crippen LogP contribution is -2.53. The smallest absolute Gasteiger partial charge is 0.407 e. The zero-order chi connectivity index (χ0) is 44.4. The summed E-state index contributed by atoms with van der Waals surface area (Å²) in [5, 5.41) is 2.80. The van der Waals surface area contributed by atoms with Gasteiger partial charge in [0.1, 0.15) is 35.1 Å². The van der Waals surface area contributed by atoms with Crippen molar-refractivity contribution in [1.82, 2.24) is 24.9 Å². The minimum Gasteiger partial charge on any atom is -0.459 e. The van der Waals surface area contributed by atoms with Gasteiger partial charge in [-0.15, -0.1) is 0 Å². The van der Waals surface area contributed by atoms with Crippen LogP contribution in [0.3, 0.4) is 0 Å². The fraction of sp³-hybridized carbons (Fsp3) is 0.750. The van der Waals surface area contributed by atoms with E-state index in [-0.39, 0.29) is 50.1 Å². The summed E-state index contributed by atoms with van der Waals surface area (Å²) < 4.78 is 28.4. The summed E-state index contributed by atoms with van der Waals surface area (Å²) >= 11 is 0. The SMILES string of the molecule is CC(C)(C)OC(=O)CN1CCN(CC(=O)OC(C)(C)C)CCN(C(CCCCNC(=O)OCc2ccccc2)C(=O)OC(C)(C)C)CCN(CC(=O)OC(C)(C)C)CC1. The Morgan fingerprint density at radius 1 is 0.559 bits per heavy atom. The maximum absolute atomic E-state index is 14.0. The van der Waals surface area contributed by atoms with E-state index in [0.717, 1.165) is 5.56 Å². The van der Waals surface area contributed by atoms with Crippen molar-refractivity contribution in [3.63, 3.8) is 0 Å². The number of benzene rings is 1. The van der Waals surface area contributed by atoms with Gasteiger partial charge in [-0.05, 0) is 108 Å². The van der Waals surface area contributed by atoms with Crippen LogP contribution in [0.15, 0.2) is 30.3 Å². The number of nitrogens with one attached hydrogen (secondary N) is 1. The standard InChI is InChI=1S/C44H75N5O10/c1-41(2,3)56-36(50)30-46-22-24-47(31-37(51)57-42(4,5)6)26-28-49(29-27-48(25-23-46)32-38(52)58-43(7,8)9)35(39(53)59-44(10,11)12)20-16-17-21-45-40(54)55-33-34-18-14-13-15-19-34/h13-15,18-19,35H,16-17,20-33H2,1-12H3,(H,45,54). The zero-order valence-electron chi connectivity index (χ0n) is 38.1. The first-order chi connectivity index (χ1) is 27.3. The summed E-state index contributed by atoms with van der Waals surface area (Å²) in [7, 11) is 0. The number of unbranched alkanes of at least 4 members (excludes halogenated alkanes) is 1. The highest BCUT2D eigenvalue weighted by atomic mass is 16.6. The number of carbonyl (C=O) groups is 5. The monoisotopic (exact) mass is 834 g/mol. The molecule has 0 radical (unpaired) electrons. The largest absolute Gasteiger partial charge is 0.459 e. The molecule has 1 unspecified atom stereocenters. The van der Waals surface area contributed by atoms with Gasteiger partial charge in [0, 0.05) is 58.9 Å². The molecule has 1 aromatic rings. The van der Waals surface area contributed by atoms with Crippen LogP contribution in [-0.2, 0) is 49.5 Å². The third-order valence-corrected chi connectivity index (χ3v) is 8.70. The molecule has 1 N–H and O–H groups in total. The van der Waals surface area contributed by atoms with Crippen LogP contribution >= 0.6 is 0 Å². The van der Waals surface area contributed by atoms with Gasteiger partial charge in [-0.2, -0.15) is 0 Å². The van der Waals surface area contributed by atoms with E-state index in [1.54, 1.807) is 0 Å². The molecule has 15 heteroatoms. The molecule has 0 bridgehead atoms. The third-order valence-electron chi connectivity index (χ3n) is 8.70. The van der Waals surface area contributed by atoms with E-state index in [1.807, 2.05) is 128 Å². The van der Waals surface area contributed by atoms with Crippen LogP contribution in [0.4, 0.5) is 4.79 Å². The summed E-state index contributed by atoms with van der Waals surface area (Å²) in [6, 6.07) is 8.78. The maximum atomic E-state index is 14.0. The van der Waals surface area contributed by atoms with Crippen molar-refractivity contribution < 1.29 is 47.7 Å². The van der Waals surface area contributed by atoms with Gasteiger partial charge in [0.25, 0.3) is 0 Å². The first kappa shape index (κ1) is 51.4. The van der Waals surface area contributed by atoms with E-state index >= 15 is 0 Å². The minimum absolute atomic E-state index is 0.0132. The van der Waals surface area contributed by atoms with Crippen molar-refractivity contribution in [3.05, 3.63) is 35.9 Å². The molecule has 1 aliphatic heterocycles. The third kappa shape index (κ3) is 24.8. The number of hydrogen-bond acceptors (Lipinski definition) is 14. The van der Waals surface area contributed by atoms with Crippen molar-refractivity contribution in [3.8, 4) is 0 Å². The maximum Gasteiger partial charge on any atom is 0.407 e. The Bertz CT molecular complexity index is 1420. The molecule has 0 spiro atoms. The predicted molar refractivity (Wildman–Crippen MR) is 227 cm³/mol. The summed E-state index contributed by atoms with van der Waals surface area (Å²) in [6.45, 7) is 25.8. The van der Waals surface area contributed by atoms with Gasteiger partial charge in [-0.1, -0.05) is 30.3 Å². The number of alkyl carbamates (subject to hydrolysis) is 1. The van der Waals surface area contributed by atoms with E-state index < -0.39 is 34.5 Å². The Balaban J connectivity index is 2.36. The van der Waals surface area contributed by atoms with Crippen molar-refractivity contribution in [2.24, 2.45) is 0 Å². The van der Waals surface area contributed by atoms with Crippen molar-refractivity contribution in [1.29, 1.82) is 0 Å². The predicted octanol–water partition coefficient (Wildman–Crippen LogP) is 5.04. The van der Waals surface area contributed by atoms with Crippen LogP contribution in [0, 0.1) is 0 Å². The molecule has 1 heterocycles. The van der Waals surface area contributed by atoms with E-state index in [1.165, 1.54) is 0 Å². The number of nitrogens with zero attached hydrogens (tertiary/aromatic N) is 4. The number of carbonyl (C=O) groups excluding carboxylic acids is 5. The Kier molecular flexibility index (Phi) is 20.8. The molecule has 0 aromatic heterocycles. The molecule has 1 fully saturated rings. The number of rotatable bonds is 15. The Morgan fingerprint density at radius 2 is 0.949 bits per heavy atom. The molecule has 2 rings (SSSR count). The zero-order valence-corrected chi connectivity index (χ0v) is 38.1. The molecule has 336 valence electrons. The molecule has 1 aromatic carbocycles. The number of amides is 1. The van der Waals surface area contributed by atoms with Crippen LogP contribution < -0.4 is 5.32 Å². The molecule has 1 aliphatic rings. The summed E-state index contributed by atoms with van der Waals surface area (Å²) in [6.07, 6.45) is 1.12.